The van der Waals surface area contributed by atoms with E-state index < -0.39 is 17.6 Å². The van der Waals surface area contributed by atoms with Crippen LogP contribution in [0.3, 0.4) is 0 Å². The van der Waals surface area contributed by atoms with Crippen LogP contribution >= 0.6 is 0 Å². The fourth-order valence-electron chi connectivity index (χ4n) is 2.73. The van der Waals surface area contributed by atoms with Crippen LogP contribution in [0.25, 0.3) is 17.2 Å². The molecule has 0 saturated heterocycles. The predicted octanol–water partition coefficient (Wildman–Crippen LogP) is 4.60. The lowest BCUT2D eigenvalue weighted by Crippen LogP contribution is -2.16. The zero-order chi connectivity index (χ0) is 21.1. The van der Waals surface area contributed by atoms with E-state index in [4.69, 9.17) is 0 Å². The molecule has 0 fully saturated rings. The van der Waals surface area contributed by atoms with E-state index in [0.29, 0.717) is 16.9 Å². The van der Waals surface area contributed by atoms with Crippen LogP contribution in [0.4, 0.5) is 19.1 Å². The summed E-state index contributed by atoms with van der Waals surface area (Å²) in [6, 6.07) is 18.1. The Morgan fingerprint density at radius 1 is 0.900 bits per heavy atom. The number of hydrogen-bond donors (Lipinski definition) is 1. The molecule has 0 spiro atoms. The quantitative estimate of drug-likeness (QED) is 0.535. The Morgan fingerprint density at radius 2 is 1.60 bits per heavy atom. The Labute approximate surface area is 169 Å². The monoisotopic (exact) mass is 409 g/mol. The van der Waals surface area contributed by atoms with Crippen molar-refractivity contribution in [2.24, 2.45) is 0 Å². The Balaban J connectivity index is 1.74. The molecule has 0 saturated carbocycles. The molecule has 0 aliphatic heterocycles. The smallest absolute Gasteiger partial charge is 0.290 e. The number of nitrogens with one attached hydrogen (secondary N) is 1. The molecule has 0 aliphatic rings. The number of amides is 1. The van der Waals surface area contributed by atoms with Crippen molar-refractivity contribution in [2.45, 2.75) is 6.18 Å². The Kier molecular flexibility index (Phi) is 5.01. The number of aromatic nitrogens is 4. The van der Waals surface area contributed by atoms with Gasteiger partial charge >= 0.3 is 6.18 Å². The first kappa shape index (κ1) is 19.3. The van der Waals surface area contributed by atoms with Crippen LogP contribution < -0.4 is 5.32 Å². The van der Waals surface area contributed by atoms with E-state index in [1.807, 2.05) is 0 Å². The number of rotatable bonds is 4. The van der Waals surface area contributed by atoms with Gasteiger partial charge in [0.05, 0.1) is 11.3 Å². The number of halogens is 3. The fourth-order valence-corrected chi connectivity index (χ4v) is 2.73. The molecule has 0 unspecified atom stereocenters. The molecule has 4 aromatic rings. The third-order valence-electron chi connectivity index (χ3n) is 4.20. The van der Waals surface area contributed by atoms with Crippen LogP contribution in [0.15, 0.2) is 79.0 Å². The molecule has 2 aromatic heterocycles. The molecule has 0 bridgehead atoms. The van der Waals surface area contributed by atoms with Crippen LogP contribution in [0.2, 0.25) is 0 Å². The third kappa shape index (κ3) is 4.04. The van der Waals surface area contributed by atoms with E-state index in [0.717, 1.165) is 12.1 Å². The minimum Gasteiger partial charge on any atom is -0.290 e. The first-order valence-electron chi connectivity index (χ1n) is 8.84. The molecule has 30 heavy (non-hydrogen) atoms. The second-order valence-corrected chi connectivity index (χ2v) is 6.25. The molecule has 150 valence electrons. The molecule has 6 nitrogen and oxygen atoms in total. The van der Waals surface area contributed by atoms with Crippen molar-refractivity contribution in [1.82, 2.24) is 19.7 Å². The van der Waals surface area contributed by atoms with Gasteiger partial charge in [-0.3, -0.25) is 15.1 Å². The molecule has 0 aliphatic carbocycles. The summed E-state index contributed by atoms with van der Waals surface area (Å²) >= 11 is 0. The molecule has 1 amide bonds. The number of carbonyl (C=O) groups is 1. The summed E-state index contributed by atoms with van der Waals surface area (Å²) in [5.74, 6) is -0.146. The van der Waals surface area contributed by atoms with Gasteiger partial charge in [-0.1, -0.05) is 24.3 Å². The van der Waals surface area contributed by atoms with Gasteiger partial charge < -0.3 is 0 Å². The number of benzene rings is 2. The molecule has 2 heterocycles. The van der Waals surface area contributed by atoms with Gasteiger partial charge in [-0.05, 0) is 48.5 Å². The highest BCUT2D eigenvalue weighted by Gasteiger charge is 2.30. The molecular weight excluding hydrogens is 395 g/mol. The standard InChI is InChI=1S/C21H14F3N5O/c22-21(23,24)15-9-11-16(12-10-15)29-20(27-19(30)14-6-2-1-3-7-14)26-18(28-29)17-8-4-5-13-25-17/h1-13H,(H,26,27,28,30). The van der Waals surface area contributed by atoms with Crippen molar-refractivity contribution in [3.8, 4) is 17.2 Å². The largest absolute Gasteiger partial charge is 0.416 e. The summed E-state index contributed by atoms with van der Waals surface area (Å²) in [7, 11) is 0. The van der Waals surface area contributed by atoms with Crippen LogP contribution in [-0.2, 0) is 6.18 Å². The second kappa shape index (κ2) is 7.78. The number of nitrogens with zero attached hydrogens (tertiary/aromatic N) is 4. The highest BCUT2D eigenvalue weighted by atomic mass is 19.4. The van der Waals surface area contributed by atoms with Crippen LogP contribution in [0, 0.1) is 0 Å². The maximum absolute atomic E-state index is 12.9. The van der Waals surface area contributed by atoms with Gasteiger partial charge in [0.2, 0.25) is 11.8 Å². The summed E-state index contributed by atoms with van der Waals surface area (Å²) in [5.41, 5.74) is 0.379. The summed E-state index contributed by atoms with van der Waals surface area (Å²) < 4.78 is 39.9. The van der Waals surface area contributed by atoms with Crippen molar-refractivity contribution < 1.29 is 18.0 Å². The maximum Gasteiger partial charge on any atom is 0.416 e. The van der Waals surface area contributed by atoms with Crippen LogP contribution in [0.5, 0.6) is 0 Å². The van der Waals surface area contributed by atoms with E-state index in [1.54, 1.807) is 54.7 Å². The number of hydrogen-bond acceptors (Lipinski definition) is 4. The summed E-state index contributed by atoms with van der Waals surface area (Å²) in [5, 5.41) is 7.00. The normalized spacial score (nSPS) is 11.3. The van der Waals surface area contributed by atoms with Gasteiger partial charge in [-0.25, -0.2) is 0 Å². The topological polar surface area (TPSA) is 72.7 Å². The number of pyridine rings is 1. The lowest BCUT2D eigenvalue weighted by molar-refractivity contribution is -0.137. The van der Waals surface area contributed by atoms with Crippen molar-refractivity contribution >= 4 is 11.9 Å². The van der Waals surface area contributed by atoms with Crippen molar-refractivity contribution in [3.63, 3.8) is 0 Å². The lowest BCUT2D eigenvalue weighted by atomic mass is 10.2. The summed E-state index contributed by atoms with van der Waals surface area (Å²) in [6.07, 6.45) is -2.89. The van der Waals surface area contributed by atoms with E-state index in [1.165, 1.54) is 16.8 Å². The van der Waals surface area contributed by atoms with Gasteiger partial charge in [-0.2, -0.15) is 22.8 Å². The molecule has 2 aromatic carbocycles. The highest BCUT2D eigenvalue weighted by Crippen LogP contribution is 2.30. The molecule has 0 atom stereocenters. The number of alkyl halides is 3. The minimum absolute atomic E-state index is 0.0595. The molecule has 9 heteroatoms. The number of anilines is 1. The molecule has 4 rings (SSSR count). The summed E-state index contributed by atoms with van der Waals surface area (Å²) in [4.78, 5) is 21.1. The highest BCUT2D eigenvalue weighted by molar-refractivity contribution is 6.03. The zero-order valence-electron chi connectivity index (χ0n) is 15.3. The average Bonchev–Trinajstić information content (AvgIpc) is 3.18. The fraction of sp³-hybridized carbons (Fsp3) is 0.0476. The van der Waals surface area contributed by atoms with Crippen molar-refractivity contribution in [1.29, 1.82) is 0 Å². The van der Waals surface area contributed by atoms with Gasteiger partial charge in [-0.15, -0.1) is 5.10 Å². The van der Waals surface area contributed by atoms with Crippen molar-refractivity contribution in [3.05, 3.63) is 90.1 Å². The Morgan fingerprint density at radius 3 is 2.23 bits per heavy atom. The first-order chi connectivity index (χ1) is 14.4. The second-order valence-electron chi connectivity index (χ2n) is 6.25. The third-order valence-corrected chi connectivity index (χ3v) is 4.20. The van der Waals surface area contributed by atoms with E-state index in [9.17, 15) is 18.0 Å². The Bertz CT molecular complexity index is 1160. The molecular formula is C21H14F3N5O. The lowest BCUT2D eigenvalue weighted by Gasteiger charge is -2.09. The number of carbonyl (C=O) groups excluding carboxylic acids is 1. The maximum atomic E-state index is 12.9. The minimum atomic E-state index is -4.45. The summed E-state index contributed by atoms with van der Waals surface area (Å²) in [6.45, 7) is 0. The average molecular weight is 409 g/mol. The van der Waals surface area contributed by atoms with Gasteiger partial charge in [0.15, 0.2) is 0 Å². The van der Waals surface area contributed by atoms with Crippen LogP contribution in [-0.4, -0.2) is 25.7 Å². The SMILES string of the molecule is O=C(Nc1nc(-c2ccccn2)nn1-c1ccc(C(F)(F)F)cc1)c1ccccc1. The van der Waals surface area contributed by atoms with E-state index in [-0.39, 0.29) is 11.8 Å². The van der Waals surface area contributed by atoms with Gasteiger partial charge in [0.1, 0.15) is 5.69 Å². The zero-order valence-corrected chi connectivity index (χ0v) is 15.3. The Hall–Kier alpha value is -4.01. The van der Waals surface area contributed by atoms with Gasteiger partial charge in [0.25, 0.3) is 5.91 Å². The first-order valence-corrected chi connectivity index (χ1v) is 8.84. The predicted molar refractivity (Wildman–Crippen MR) is 104 cm³/mol. The van der Waals surface area contributed by atoms with E-state index in [2.05, 4.69) is 20.4 Å². The van der Waals surface area contributed by atoms with Gasteiger partial charge in [0, 0.05) is 11.8 Å². The molecule has 0 radical (unpaired) electrons. The van der Waals surface area contributed by atoms with Crippen molar-refractivity contribution in [2.75, 3.05) is 5.32 Å². The molecule has 1 N–H and O–H groups in total. The van der Waals surface area contributed by atoms with Crippen LogP contribution in [0.1, 0.15) is 15.9 Å². The van der Waals surface area contributed by atoms with E-state index >= 15 is 0 Å².